The van der Waals surface area contributed by atoms with Crippen molar-refractivity contribution >= 4 is 16.7 Å². The lowest BCUT2D eigenvalue weighted by Gasteiger charge is -2.14. The van der Waals surface area contributed by atoms with Crippen LogP contribution in [0.1, 0.15) is 35.2 Å². The summed E-state index contributed by atoms with van der Waals surface area (Å²) in [5.74, 6) is -0.936. The van der Waals surface area contributed by atoms with E-state index in [1.807, 2.05) is 13.0 Å². The van der Waals surface area contributed by atoms with Gasteiger partial charge in [0.25, 0.3) is 5.56 Å². The first-order valence-corrected chi connectivity index (χ1v) is 10.8. The zero-order valence-corrected chi connectivity index (χ0v) is 18.2. The van der Waals surface area contributed by atoms with E-state index in [-0.39, 0.29) is 22.6 Å². The van der Waals surface area contributed by atoms with E-state index < -0.39 is 11.6 Å². The smallest absolute Gasteiger partial charge is 0.258 e. The number of fused-ring (bicyclic) bond motifs is 1. The second-order valence-electron chi connectivity index (χ2n) is 8.64. The fourth-order valence-electron chi connectivity index (χ4n) is 4.20. The number of hydrogen-bond donors (Lipinski definition) is 0. The summed E-state index contributed by atoms with van der Waals surface area (Å²) >= 11 is 0. The SMILES string of the molecule is Cc1ccc(C(=O)CC2CC2)cc1-c1cc2cnnc(-c3ccc(F)cc3F)c2n(C)c1=O. The molecule has 5 rings (SSSR count). The molecule has 2 aromatic carbocycles. The van der Waals surface area contributed by atoms with Crippen LogP contribution in [-0.2, 0) is 7.05 Å². The first kappa shape index (κ1) is 21.1. The topological polar surface area (TPSA) is 64.8 Å². The zero-order chi connectivity index (χ0) is 23.3. The van der Waals surface area contributed by atoms with E-state index in [9.17, 15) is 18.4 Å². The van der Waals surface area contributed by atoms with Gasteiger partial charge in [0.05, 0.1) is 11.7 Å². The molecule has 1 saturated carbocycles. The Hall–Kier alpha value is -3.74. The summed E-state index contributed by atoms with van der Waals surface area (Å²) in [6.07, 6.45) is 4.21. The lowest BCUT2D eigenvalue weighted by atomic mass is 9.95. The maximum Gasteiger partial charge on any atom is 0.258 e. The molecule has 0 saturated heterocycles. The fourth-order valence-corrected chi connectivity index (χ4v) is 4.20. The number of nitrogens with zero attached hydrogens (tertiary/aromatic N) is 3. The molecule has 2 heterocycles. The monoisotopic (exact) mass is 445 g/mol. The van der Waals surface area contributed by atoms with Gasteiger partial charge in [0.1, 0.15) is 17.3 Å². The Kier molecular flexibility index (Phi) is 5.12. The van der Waals surface area contributed by atoms with Crippen LogP contribution >= 0.6 is 0 Å². The Morgan fingerprint density at radius 1 is 1.06 bits per heavy atom. The van der Waals surface area contributed by atoms with Gasteiger partial charge in [-0.25, -0.2) is 8.78 Å². The lowest BCUT2D eigenvalue weighted by molar-refractivity contribution is 0.0976. The number of pyridine rings is 1. The minimum atomic E-state index is -0.786. The molecule has 2 aromatic heterocycles. The van der Waals surface area contributed by atoms with Crippen molar-refractivity contribution in [2.75, 3.05) is 0 Å². The standard InChI is InChI=1S/C26H21F2N3O2/c1-14-3-6-16(23(32)9-15-4-5-15)10-20(14)21-11-17-13-29-30-24(25(17)31(2)26(21)33)19-8-7-18(27)12-22(19)28/h3,6-8,10-13,15H,4-5,9H2,1-2H3. The van der Waals surface area contributed by atoms with Crippen LogP contribution in [0.5, 0.6) is 0 Å². The van der Waals surface area contributed by atoms with E-state index in [4.69, 9.17) is 0 Å². The van der Waals surface area contributed by atoms with Crippen LogP contribution in [0, 0.1) is 24.5 Å². The van der Waals surface area contributed by atoms with Crippen molar-refractivity contribution in [3.8, 4) is 22.4 Å². The molecule has 166 valence electrons. The lowest BCUT2D eigenvalue weighted by Crippen LogP contribution is -2.20. The van der Waals surface area contributed by atoms with Crippen LogP contribution in [0.25, 0.3) is 33.3 Å². The molecule has 0 amide bonds. The van der Waals surface area contributed by atoms with Crippen molar-refractivity contribution in [2.45, 2.75) is 26.2 Å². The van der Waals surface area contributed by atoms with E-state index >= 15 is 0 Å². The maximum absolute atomic E-state index is 14.5. The number of carbonyl (C=O) groups is 1. The second kappa shape index (κ2) is 7.99. The van der Waals surface area contributed by atoms with E-state index in [1.165, 1.54) is 16.8 Å². The highest BCUT2D eigenvalue weighted by Crippen LogP contribution is 2.34. The van der Waals surface area contributed by atoms with E-state index in [2.05, 4.69) is 10.2 Å². The van der Waals surface area contributed by atoms with Gasteiger partial charge in [-0.2, -0.15) is 5.10 Å². The summed E-state index contributed by atoms with van der Waals surface area (Å²) in [6.45, 7) is 1.89. The van der Waals surface area contributed by atoms with Gasteiger partial charge in [0, 0.05) is 41.6 Å². The van der Waals surface area contributed by atoms with Crippen LogP contribution < -0.4 is 5.56 Å². The minimum Gasteiger partial charge on any atom is -0.309 e. The predicted molar refractivity (Wildman–Crippen MR) is 122 cm³/mol. The number of benzene rings is 2. The van der Waals surface area contributed by atoms with Crippen molar-refractivity contribution in [3.05, 3.63) is 81.8 Å². The number of ketones is 1. The third kappa shape index (κ3) is 3.84. The Labute approximate surface area is 188 Å². The molecule has 7 heteroatoms. The molecule has 0 N–H and O–H groups in total. The third-order valence-electron chi connectivity index (χ3n) is 6.23. The summed E-state index contributed by atoms with van der Waals surface area (Å²) in [7, 11) is 1.58. The van der Waals surface area contributed by atoms with Crippen molar-refractivity contribution in [1.82, 2.24) is 14.8 Å². The van der Waals surface area contributed by atoms with Crippen LogP contribution in [-0.4, -0.2) is 20.5 Å². The summed E-state index contributed by atoms with van der Waals surface area (Å²) in [5, 5.41) is 8.61. The van der Waals surface area contributed by atoms with Gasteiger partial charge in [-0.05, 0) is 61.1 Å². The number of hydrogen-bond acceptors (Lipinski definition) is 4. The molecule has 0 unspecified atom stereocenters. The normalized spacial score (nSPS) is 13.5. The third-order valence-corrected chi connectivity index (χ3v) is 6.23. The van der Waals surface area contributed by atoms with Crippen molar-refractivity contribution in [2.24, 2.45) is 13.0 Å². The average molecular weight is 445 g/mol. The molecule has 0 aliphatic heterocycles. The predicted octanol–water partition coefficient (Wildman–Crippen LogP) is 5.23. The maximum atomic E-state index is 14.5. The molecule has 0 atom stereocenters. The Bertz CT molecular complexity index is 1490. The van der Waals surface area contributed by atoms with Crippen molar-refractivity contribution < 1.29 is 13.6 Å². The Balaban J connectivity index is 1.68. The molecule has 5 nitrogen and oxygen atoms in total. The quantitative estimate of drug-likeness (QED) is 0.395. The first-order valence-electron chi connectivity index (χ1n) is 10.8. The number of aryl methyl sites for hydroxylation is 2. The molecule has 0 spiro atoms. The number of aromatic nitrogens is 3. The first-order chi connectivity index (χ1) is 15.8. The second-order valence-corrected chi connectivity index (χ2v) is 8.64. The van der Waals surface area contributed by atoms with Crippen LogP contribution in [0.3, 0.4) is 0 Å². The molecule has 1 fully saturated rings. The number of halogens is 2. The van der Waals surface area contributed by atoms with Gasteiger partial charge < -0.3 is 4.57 Å². The fraction of sp³-hybridized carbons (Fsp3) is 0.231. The van der Waals surface area contributed by atoms with Gasteiger partial charge >= 0.3 is 0 Å². The number of rotatable bonds is 5. The highest BCUT2D eigenvalue weighted by atomic mass is 19.1. The Morgan fingerprint density at radius 3 is 2.58 bits per heavy atom. The summed E-state index contributed by atoms with van der Waals surface area (Å²) in [5.41, 5.74) is 2.83. The van der Waals surface area contributed by atoms with Gasteiger partial charge in [-0.1, -0.05) is 12.1 Å². The average Bonchev–Trinajstić information content (AvgIpc) is 3.60. The van der Waals surface area contributed by atoms with Gasteiger partial charge in [-0.3, -0.25) is 9.59 Å². The molecule has 1 aliphatic rings. The van der Waals surface area contributed by atoms with E-state index in [0.29, 0.717) is 39.9 Å². The molecule has 1 aliphatic carbocycles. The molecule has 0 radical (unpaired) electrons. The zero-order valence-electron chi connectivity index (χ0n) is 18.2. The van der Waals surface area contributed by atoms with Gasteiger partial charge in [-0.15, -0.1) is 5.10 Å². The van der Waals surface area contributed by atoms with Gasteiger partial charge in [0.2, 0.25) is 0 Å². The van der Waals surface area contributed by atoms with Crippen molar-refractivity contribution in [1.29, 1.82) is 0 Å². The van der Waals surface area contributed by atoms with E-state index in [0.717, 1.165) is 30.5 Å². The van der Waals surface area contributed by atoms with E-state index in [1.54, 1.807) is 25.2 Å². The highest BCUT2D eigenvalue weighted by Gasteiger charge is 2.25. The van der Waals surface area contributed by atoms with Gasteiger partial charge in [0.15, 0.2) is 5.78 Å². The summed E-state index contributed by atoms with van der Waals surface area (Å²) in [6, 6.07) is 10.3. The Morgan fingerprint density at radius 2 is 1.85 bits per heavy atom. The van der Waals surface area contributed by atoms with Crippen LogP contribution in [0.15, 0.2) is 53.5 Å². The largest absolute Gasteiger partial charge is 0.309 e. The summed E-state index contributed by atoms with van der Waals surface area (Å²) < 4.78 is 29.3. The summed E-state index contributed by atoms with van der Waals surface area (Å²) in [4.78, 5) is 26.1. The van der Waals surface area contributed by atoms with Crippen LogP contribution in [0.2, 0.25) is 0 Å². The molecule has 4 aromatic rings. The molecular formula is C26H21F2N3O2. The number of Topliss-reactive ketones (excluding diaryl/α,β-unsaturated/α-hetero) is 1. The molecular weight excluding hydrogens is 424 g/mol. The molecule has 0 bridgehead atoms. The highest BCUT2D eigenvalue weighted by molar-refractivity contribution is 5.98. The number of carbonyl (C=O) groups excluding carboxylic acids is 1. The van der Waals surface area contributed by atoms with Crippen molar-refractivity contribution in [3.63, 3.8) is 0 Å². The minimum absolute atomic E-state index is 0.0566. The molecule has 33 heavy (non-hydrogen) atoms. The van der Waals surface area contributed by atoms with Crippen LogP contribution in [0.4, 0.5) is 8.78 Å².